The maximum Gasteiger partial charge on any atom is 0.410 e. The molecule has 0 saturated carbocycles. The molecule has 2 saturated heterocycles. The summed E-state index contributed by atoms with van der Waals surface area (Å²) < 4.78 is 11.1. The number of aliphatic carboxylic acids is 1. The van der Waals surface area contributed by atoms with Crippen molar-refractivity contribution in [3.63, 3.8) is 0 Å². The van der Waals surface area contributed by atoms with Crippen LogP contribution in [0.3, 0.4) is 0 Å². The Morgan fingerprint density at radius 2 is 1.93 bits per heavy atom. The molecule has 9 nitrogen and oxygen atoms in total. The molecule has 0 aromatic heterocycles. The Hall–Kier alpha value is -2.36. The fourth-order valence-corrected chi connectivity index (χ4v) is 3.67. The van der Waals surface area contributed by atoms with Crippen molar-refractivity contribution in [3.8, 4) is 5.75 Å². The fourth-order valence-electron chi connectivity index (χ4n) is 3.67. The van der Waals surface area contributed by atoms with Gasteiger partial charge in [0, 0.05) is 32.7 Å². The largest absolute Gasteiger partial charge is 0.490 e. The van der Waals surface area contributed by atoms with Crippen LogP contribution < -0.4 is 15.8 Å². The molecule has 0 spiro atoms. The Morgan fingerprint density at radius 3 is 2.63 bits per heavy atom. The maximum absolute atomic E-state index is 12.1. The van der Waals surface area contributed by atoms with Crippen LogP contribution >= 0.6 is 0 Å². The van der Waals surface area contributed by atoms with Crippen LogP contribution in [0.5, 0.6) is 5.75 Å². The summed E-state index contributed by atoms with van der Waals surface area (Å²) in [6.07, 6.45) is 1.74. The second-order valence-electron chi connectivity index (χ2n) is 7.85. The van der Waals surface area contributed by atoms with Gasteiger partial charge in [0.1, 0.15) is 18.4 Å². The Morgan fingerprint density at radius 1 is 1.23 bits per heavy atom. The van der Waals surface area contributed by atoms with Crippen molar-refractivity contribution in [1.29, 1.82) is 0 Å². The van der Waals surface area contributed by atoms with Crippen molar-refractivity contribution in [3.05, 3.63) is 29.8 Å². The molecule has 30 heavy (non-hydrogen) atoms. The molecule has 9 heteroatoms. The monoisotopic (exact) mass is 420 g/mol. The van der Waals surface area contributed by atoms with Crippen LogP contribution in [0.25, 0.3) is 0 Å². The van der Waals surface area contributed by atoms with Crippen LogP contribution in [0, 0.1) is 0 Å². The number of rotatable bonds is 11. The molecule has 3 rings (SSSR count). The summed E-state index contributed by atoms with van der Waals surface area (Å²) in [6, 6.07) is 6.22. The first kappa shape index (κ1) is 22.3. The lowest BCUT2D eigenvalue weighted by molar-refractivity contribution is -0.138. The van der Waals surface area contributed by atoms with Gasteiger partial charge in [-0.2, -0.15) is 0 Å². The number of benzene rings is 1. The van der Waals surface area contributed by atoms with E-state index in [2.05, 4.69) is 10.2 Å². The quantitative estimate of drug-likeness (QED) is 0.444. The number of hydrogen-bond donors (Lipinski definition) is 3. The van der Waals surface area contributed by atoms with Crippen LogP contribution in [0.15, 0.2) is 24.3 Å². The average molecular weight is 421 g/mol. The van der Waals surface area contributed by atoms with Gasteiger partial charge < -0.3 is 35.4 Å². The molecule has 2 aliphatic rings. The number of piperazine rings is 1. The number of ether oxygens (including phenoxy) is 2. The smallest absolute Gasteiger partial charge is 0.410 e. The first-order valence-electron chi connectivity index (χ1n) is 10.6. The third-order valence-corrected chi connectivity index (χ3v) is 5.44. The number of carboxylic acid groups (broad SMARTS) is 1. The van der Waals surface area contributed by atoms with Gasteiger partial charge in [-0.15, -0.1) is 0 Å². The second-order valence-corrected chi connectivity index (χ2v) is 7.85. The highest BCUT2D eigenvalue weighted by Crippen LogP contribution is 2.17. The zero-order valence-corrected chi connectivity index (χ0v) is 17.3. The Bertz CT molecular complexity index is 693. The molecule has 2 fully saturated rings. The van der Waals surface area contributed by atoms with Crippen LogP contribution in [0.2, 0.25) is 0 Å². The van der Waals surface area contributed by atoms with E-state index in [0.29, 0.717) is 18.8 Å². The van der Waals surface area contributed by atoms with E-state index in [0.717, 1.165) is 51.1 Å². The molecule has 1 aromatic carbocycles. The van der Waals surface area contributed by atoms with Gasteiger partial charge >= 0.3 is 12.1 Å². The summed E-state index contributed by atoms with van der Waals surface area (Å²) in [6.45, 7) is 6.91. The number of amides is 1. The molecule has 2 aliphatic heterocycles. The number of nitrogens with one attached hydrogen (secondary N) is 1. The zero-order valence-electron chi connectivity index (χ0n) is 17.3. The van der Waals surface area contributed by atoms with Gasteiger partial charge in [0.25, 0.3) is 0 Å². The number of nitrogens with two attached hydrogens (primary N) is 1. The minimum Gasteiger partial charge on any atom is -0.490 e. The van der Waals surface area contributed by atoms with Gasteiger partial charge in [0.2, 0.25) is 0 Å². The molecule has 0 aliphatic carbocycles. The predicted octanol–water partition coefficient (Wildman–Crippen LogP) is 0.526. The van der Waals surface area contributed by atoms with Crippen molar-refractivity contribution in [2.24, 2.45) is 5.73 Å². The molecular formula is C21H32N4O5. The first-order chi connectivity index (χ1) is 14.5. The van der Waals surface area contributed by atoms with Crippen molar-refractivity contribution in [1.82, 2.24) is 15.1 Å². The van der Waals surface area contributed by atoms with Gasteiger partial charge in [-0.3, -0.25) is 4.79 Å². The van der Waals surface area contributed by atoms with E-state index in [-0.39, 0.29) is 25.2 Å². The van der Waals surface area contributed by atoms with E-state index < -0.39 is 12.0 Å². The average Bonchev–Trinajstić information content (AvgIpc) is 3.11. The zero-order chi connectivity index (χ0) is 21.3. The van der Waals surface area contributed by atoms with Gasteiger partial charge in [0.15, 0.2) is 6.10 Å². The van der Waals surface area contributed by atoms with E-state index in [1.54, 1.807) is 29.2 Å². The summed E-state index contributed by atoms with van der Waals surface area (Å²) in [5, 5.41) is 12.2. The molecule has 4 N–H and O–H groups in total. The summed E-state index contributed by atoms with van der Waals surface area (Å²) in [5.74, 6) is -0.375. The number of cyclic esters (lactones) is 1. The second kappa shape index (κ2) is 11.1. The molecule has 166 valence electrons. The Kier molecular flexibility index (Phi) is 8.30. The number of carboxylic acids is 1. The molecular weight excluding hydrogens is 388 g/mol. The van der Waals surface area contributed by atoms with Gasteiger partial charge in [-0.25, -0.2) is 4.79 Å². The van der Waals surface area contributed by atoms with E-state index in [1.165, 1.54) is 0 Å². The van der Waals surface area contributed by atoms with Crippen molar-refractivity contribution >= 4 is 12.1 Å². The van der Waals surface area contributed by atoms with E-state index in [1.807, 2.05) is 0 Å². The Balaban J connectivity index is 1.33. The molecule has 0 bridgehead atoms. The van der Waals surface area contributed by atoms with Crippen LogP contribution in [0.1, 0.15) is 18.4 Å². The third kappa shape index (κ3) is 6.86. The lowest BCUT2D eigenvalue weighted by Crippen LogP contribution is -2.43. The minimum absolute atomic E-state index is 0.263. The van der Waals surface area contributed by atoms with Crippen LogP contribution in [-0.2, 0) is 16.0 Å². The molecule has 2 unspecified atom stereocenters. The van der Waals surface area contributed by atoms with Crippen molar-refractivity contribution in [2.75, 3.05) is 52.4 Å². The number of unbranched alkanes of at least 4 members (excludes halogenated alkanes) is 1. The van der Waals surface area contributed by atoms with Crippen molar-refractivity contribution < 1.29 is 24.2 Å². The summed E-state index contributed by atoms with van der Waals surface area (Å²) in [7, 11) is 0. The molecule has 2 atom stereocenters. The van der Waals surface area contributed by atoms with Gasteiger partial charge in [-0.05, 0) is 43.5 Å². The first-order valence-corrected chi connectivity index (χ1v) is 10.6. The number of carbonyl (C=O) groups excluding carboxylic acids is 1. The number of hydrogen-bond acceptors (Lipinski definition) is 7. The van der Waals surface area contributed by atoms with Gasteiger partial charge in [0.05, 0.1) is 6.54 Å². The third-order valence-electron chi connectivity index (χ3n) is 5.44. The maximum atomic E-state index is 12.1. The fraction of sp³-hybridized carbons (Fsp3) is 0.619. The summed E-state index contributed by atoms with van der Waals surface area (Å²) in [5.41, 5.74) is 6.38. The van der Waals surface area contributed by atoms with E-state index in [9.17, 15) is 9.59 Å². The highest BCUT2D eigenvalue weighted by Gasteiger charge is 2.31. The highest BCUT2D eigenvalue weighted by atomic mass is 16.6. The van der Waals surface area contributed by atoms with Crippen molar-refractivity contribution in [2.45, 2.75) is 31.4 Å². The molecule has 1 aromatic rings. The SMILES string of the molecule is NC(Cc1ccc(OCC2CN(CCCCN3CCNCC3)C(=O)O2)cc1)C(=O)O. The molecule has 1 amide bonds. The highest BCUT2D eigenvalue weighted by molar-refractivity contribution is 5.73. The Labute approximate surface area is 177 Å². The van der Waals surface area contributed by atoms with E-state index in [4.69, 9.17) is 20.3 Å². The molecule has 2 heterocycles. The summed E-state index contributed by atoms with van der Waals surface area (Å²) in [4.78, 5) is 27.1. The topological polar surface area (TPSA) is 117 Å². The molecule has 0 radical (unpaired) electrons. The van der Waals surface area contributed by atoms with Gasteiger partial charge in [-0.1, -0.05) is 12.1 Å². The number of nitrogens with zero attached hydrogens (tertiary/aromatic N) is 2. The summed E-state index contributed by atoms with van der Waals surface area (Å²) >= 11 is 0. The van der Waals surface area contributed by atoms with E-state index >= 15 is 0 Å². The van der Waals surface area contributed by atoms with Crippen LogP contribution in [0.4, 0.5) is 4.79 Å². The minimum atomic E-state index is -1.02. The van der Waals surface area contributed by atoms with Crippen LogP contribution in [-0.4, -0.2) is 91.5 Å². The lowest BCUT2D eigenvalue weighted by Gasteiger charge is -2.27. The predicted molar refractivity (Wildman–Crippen MR) is 112 cm³/mol. The number of carbonyl (C=O) groups is 2. The lowest BCUT2D eigenvalue weighted by atomic mass is 10.1. The normalized spacial score (nSPS) is 20.8. The standard InChI is InChI=1S/C21H32N4O5/c22-19(20(26)27)13-16-3-5-17(6-4-16)29-15-18-14-25(21(28)30-18)10-2-1-9-24-11-7-23-8-12-24/h3-6,18-19,23H,1-2,7-15,22H2,(H,26,27).